The summed E-state index contributed by atoms with van der Waals surface area (Å²) in [6.45, 7) is 0. The third-order valence-corrected chi connectivity index (χ3v) is 17.2. The number of hydrogen-bond acceptors (Lipinski definition) is 4. The third kappa shape index (κ3) is 10.1. The van der Waals surface area contributed by atoms with Crippen molar-refractivity contribution in [1.82, 2.24) is 29.1 Å². The van der Waals surface area contributed by atoms with Crippen molar-refractivity contribution in [3.05, 3.63) is 315 Å². The van der Waals surface area contributed by atoms with Gasteiger partial charge >= 0.3 is 6.18 Å². The second-order valence-electron chi connectivity index (χ2n) is 22.8. The summed E-state index contributed by atoms with van der Waals surface area (Å²) >= 11 is 0. The first-order chi connectivity index (χ1) is 45.0. The molecule has 92 heavy (non-hydrogen) atoms. The summed E-state index contributed by atoms with van der Waals surface area (Å²) in [5.41, 5.74) is 15.2. The highest BCUT2D eigenvalue weighted by molar-refractivity contribution is 6.14. The summed E-state index contributed by atoms with van der Waals surface area (Å²) in [6.07, 6.45) is 2.15. The summed E-state index contributed by atoms with van der Waals surface area (Å²) in [4.78, 5) is 18.9. The predicted octanol–water partition coefficient (Wildman–Crippen LogP) is 21.8. The van der Waals surface area contributed by atoms with Gasteiger partial charge in [0.15, 0.2) is 0 Å². The molecule has 0 radical (unpaired) electrons. The minimum absolute atomic E-state index is 0.0265. The van der Waals surface area contributed by atoms with E-state index in [4.69, 9.17) is 19.9 Å². The standard InChI is InChI=1S/C81H49F5N6/c82-64-37-62(38-65(83)49-64)80-78(91-74-25-21-54(58-29-33-87-70(43-58)50-13-5-1-6-14-50)39-66(74)67-40-55(22-26-75(67)91)59-30-34-88-71(44-59)51-15-7-2-8-16-51)47-63(81(84,85)86)48-79(80)92-76-27-23-56(60-31-35-89-72(45-60)52-17-9-3-10-18-52)41-68(76)69-42-57(24-28-77(69)92)61-32-36-90-73(46-61)53-19-11-4-12-20-53/h1-49H. The van der Waals surface area contributed by atoms with Gasteiger partial charge in [-0.25, -0.2) is 8.78 Å². The quantitative estimate of drug-likeness (QED) is 0.121. The number of pyridine rings is 4. The lowest BCUT2D eigenvalue weighted by Gasteiger charge is -2.23. The summed E-state index contributed by atoms with van der Waals surface area (Å²) in [6, 6.07) is 84.4. The lowest BCUT2D eigenvalue weighted by atomic mass is 9.97. The SMILES string of the molecule is Fc1cc(F)cc(-c2c(-n3c4ccc(-c5ccnc(-c6ccccc6)c5)cc4c4cc(-c5ccnc(-c6ccccc6)c5)ccc43)cc(C(F)(F)F)cc2-n2c3ccc(-c4ccnc(-c5ccccc5)c4)cc3c3cc(-c4ccnc(-c5ccccc5)c4)ccc32)c1. The molecule has 0 unspecified atom stereocenters. The second kappa shape index (κ2) is 22.6. The average Bonchev–Trinajstić information content (AvgIpc) is 1.55. The summed E-state index contributed by atoms with van der Waals surface area (Å²) in [7, 11) is 0. The minimum Gasteiger partial charge on any atom is -0.309 e. The van der Waals surface area contributed by atoms with Crippen molar-refractivity contribution < 1.29 is 22.0 Å². The molecule has 11 heteroatoms. The molecule has 6 heterocycles. The van der Waals surface area contributed by atoms with Crippen molar-refractivity contribution in [2.45, 2.75) is 6.18 Å². The van der Waals surface area contributed by atoms with Crippen molar-refractivity contribution in [2.75, 3.05) is 0 Å². The van der Waals surface area contributed by atoms with E-state index in [2.05, 4.69) is 24.3 Å². The molecule has 0 N–H and O–H groups in total. The topological polar surface area (TPSA) is 61.4 Å². The Kier molecular flexibility index (Phi) is 13.6. The smallest absolute Gasteiger partial charge is 0.309 e. The fraction of sp³-hybridized carbons (Fsp3) is 0.0123. The van der Waals surface area contributed by atoms with Gasteiger partial charge < -0.3 is 9.13 Å². The van der Waals surface area contributed by atoms with Crippen molar-refractivity contribution in [1.29, 1.82) is 0 Å². The molecule has 0 atom stereocenters. The maximum absolute atomic E-state index is 16.4. The fourth-order valence-electron chi connectivity index (χ4n) is 12.9. The Hall–Kier alpha value is -12.0. The van der Waals surface area contributed by atoms with E-state index in [-0.39, 0.29) is 22.5 Å². The molecule has 0 aliphatic carbocycles. The van der Waals surface area contributed by atoms with Gasteiger partial charge in [0.05, 0.1) is 61.8 Å². The van der Waals surface area contributed by atoms with Gasteiger partial charge in [-0.3, -0.25) is 19.9 Å². The zero-order valence-corrected chi connectivity index (χ0v) is 48.9. The van der Waals surface area contributed by atoms with E-state index in [0.29, 0.717) is 22.1 Å². The van der Waals surface area contributed by atoms with E-state index in [9.17, 15) is 0 Å². The van der Waals surface area contributed by atoms with Gasteiger partial charge in [0.2, 0.25) is 0 Å². The number of nitrogens with zero attached hydrogens (tertiary/aromatic N) is 6. The number of alkyl halides is 3. The Morgan fingerprint density at radius 3 is 0.793 bits per heavy atom. The van der Waals surface area contributed by atoms with Gasteiger partial charge in [-0.05, 0) is 171 Å². The van der Waals surface area contributed by atoms with E-state index in [0.717, 1.165) is 129 Å². The zero-order valence-electron chi connectivity index (χ0n) is 48.9. The van der Waals surface area contributed by atoms with Crippen LogP contribution < -0.4 is 0 Å². The number of aromatic nitrogens is 6. The molecular weight excluding hydrogens is 1150 g/mol. The van der Waals surface area contributed by atoms with Crippen molar-refractivity contribution in [2.24, 2.45) is 0 Å². The van der Waals surface area contributed by atoms with Crippen LogP contribution in [0, 0.1) is 11.6 Å². The third-order valence-electron chi connectivity index (χ3n) is 17.2. The van der Waals surface area contributed by atoms with Crippen LogP contribution in [0.15, 0.2) is 298 Å². The normalized spacial score (nSPS) is 11.8. The molecule has 16 rings (SSSR count). The molecule has 0 aliphatic heterocycles. The molecule has 6 nitrogen and oxygen atoms in total. The zero-order chi connectivity index (χ0) is 62.0. The van der Waals surface area contributed by atoms with Crippen LogP contribution in [-0.2, 0) is 6.18 Å². The number of benzene rings is 10. The summed E-state index contributed by atoms with van der Waals surface area (Å²) in [5.74, 6) is -1.80. The first kappa shape index (κ1) is 55.4. The monoisotopic (exact) mass is 1200 g/mol. The molecule has 0 saturated heterocycles. The number of halogens is 5. The molecular formula is C81H49F5N6. The highest BCUT2D eigenvalue weighted by Crippen LogP contribution is 2.48. The lowest BCUT2D eigenvalue weighted by molar-refractivity contribution is -0.137. The van der Waals surface area contributed by atoms with Gasteiger partial charge in [0.1, 0.15) is 11.6 Å². The van der Waals surface area contributed by atoms with Gasteiger partial charge in [0, 0.05) is 80.2 Å². The van der Waals surface area contributed by atoms with Gasteiger partial charge in [-0.2, -0.15) is 13.2 Å². The molecule has 0 spiro atoms. The largest absolute Gasteiger partial charge is 0.416 e. The Labute approximate surface area is 525 Å². The highest BCUT2D eigenvalue weighted by atomic mass is 19.4. The predicted molar refractivity (Wildman–Crippen MR) is 360 cm³/mol. The Bertz CT molecular complexity index is 4920. The highest BCUT2D eigenvalue weighted by Gasteiger charge is 2.35. The van der Waals surface area contributed by atoms with E-state index < -0.39 is 23.4 Å². The van der Waals surface area contributed by atoms with Crippen LogP contribution in [0.4, 0.5) is 22.0 Å². The van der Waals surface area contributed by atoms with E-state index in [1.165, 1.54) is 12.1 Å². The first-order valence-electron chi connectivity index (χ1n) is 30.0. The number of fused-ring (bicyclic) bond motifs is 6. The van der Waals surface area contributed by atoms with Crippen LogP contribution in [0.1, 0.15) is 5.56 Å². The van der Waals surface area contributed by atoms with Crippen LogP contribution in [0.25, 0.3) is 156 Å². The van der Waals surface area contributed by atoms with E-state index in [1.54, 1.807) is 24.8 Å². The number of rotatable bonds is 11. The first-order valence-corrected chi connectivity index (χ1v) is 30.0. The molecule has 0 bridgehead atoms. The molecule has 10 aromatic carbocycles. The van der Waals surface area contributed by atoms with Crippen molar-refractivity contribution >= 4 is 43.6 Å². The lowest BCUT2D eigenvalue weighted by Crippen LogP contribution is -2.11. The van der Waals surface area contributed by atoms with Gasteiger partial charge in [0.25, 0.3) is 0 Å². The number of hydrogen-bond donors (Lipinski definition) is 0. The van der Waals surface area contributed by atoms with Crippen LogP contribution >= 0.6 is 0 Å². The van der Waals surface area contributed by atoms with Crippen LogP contribution in [0.5, 0.6) is 0 Å². The van der Waals surface area contributed by atoms with Crippen LogP contribution in [0.2, 0.25) is 0 Å². The maximum Gasteiger partial charge on any atom is 0.416 e. The maximum atomic E-state index is 16.4. The molecule has 16 aromatic rings. The van der Waals surface area contributed by atoms with Crippen molar-refractivity contribution in [3.8, 4) is 112 Å². The molecule has 0 amide bonds. The summed E-state index contributed by atoms with van der Waals surface area (Å²) in [5, 5.41) is 2.89. The van der Waals surface area contributed by atoms with Crippen LogP contribution in [0.3, 0.4) is 0 Å². The van der Waals surface area contributed by atoms with Gasteiger partial charge in [-0.15, -0.1) is 0 Å². The average molecular weight is 1200 g/mol. The van der Waals surface area contributed by atoms with E-state index >= 15 is 22.0 Å². The molecule has 6 aromatic heterocycles. The summed E-state index contributed by atoms with van der Waals surface area (Å²) < 4.78 is 85.3. The molecule has 0 fully saturated rings. The Morgan fingerprint density at radius 2 is 0.522 bits per heavy atom. The van der Waals surface area contributed by atoms with E-state index in [1.807, 2.05) is 228 Å². The van der Waals surface area contributed by atoms with Crippen molar-refractivity contribution in [3.63, 3.8) is 0 Å². The molecule has 0 aliphatic rings. The second-order valence-corrected chi connectivity index (χ2v) is 22.8. The minimum atomic E-state index is -4.92. The Morgan fingerprint density at radius 1 is 0.250 bits per heavy atom. The Balaban J connectivity index is 0.979. The van der Waals surface area contributed by atoms with Crippen LogP contribution in [-0.4, -0.2) is 29.1 Å². The molecule has 438 valence electrons. The van der Waals surface area contributed by atoms with Gasteiger partial charge in [-0.1, -0.05) is 146 Å². The fourth-order valence-corrected chi connectivity index (χ4v) is 12.9. The molecule has 0 saturated carbocycles.